The zero-order valence-corrected chi connectivity index (χ0v) is 11.2. The third kappa shape index (κ3) is 7.20. The summed E-state index contributed by atoms with van der Waals surface area (Å²) in [5, 5.41) is 9.13. The summed E-state index contributed by atoms with van der Waals surface area (Å²) in [5.41, 5.74) is 5.58. The Hall–Kier alpha value is -0.120. The number of hydrogen-bond donors (Lipinski definition) is 2. The van der Waals surface area contributed by atoms with Gasteiger partial charge >= 0.3 is 0 Å². The van der Waals surface area contributed by atoms with Crippen LogP contribution in [-0.4, -0.2) is 30.5 Å². The zero-order valence-electron chi connectivity index (χ0n) is 11.2. The standard InChI is InChI=1S/C13H29NO2/c1-4-7-12(3)10-16-9-6-8-13(14,5-2)11-15/h12,15H,4-11,14H2,1-3H3. The van der Waals surface area contributed by atoms with Crippen LogP contribution < -0.4 is 5.73 Å². The van der Waals surface area contributed by atoms with Gasteiger partial charge in [-0.25, -0.2) is 0 Å². The molecule has 3 heteroatoms. The topological polar surface area (TPSA) is 55.5 Å². The smallest absolute Gasteiger partial charge is 0.0611 e. The molecule has 0 fully saturated rings. The molecule has 2 atom stereocenters. The van der Waals surface area contributed by atoms with E-state index in [-0.39, 0.29) is 6.61 Å². The number of rotatable bonds is 10. The maximum absolute atomic E-state index is 9.13. The molecule has 0 aliphatic heterocycles. The molecule has 3 nitrogen and oxygen atoms in total. The minimum absolute atomic E-state index is 0.0652. The van der Waals surface area contributed by atoms with E-state index in [0.717, 1.165) is 32.5 Å². The first-order valence-corrected chi connectivity index (χ1v) is 6.55. The van der Waals surface area contributed by atoms with Gasteiger partial charge in [0, 0.05) is 18.8 Å². The van der Waals surface area contributed by atoms with Crippen molar-refractivity contribution in [3.05, 3.63) is 0 Å². The van der Waals surface area contributed by atoms with Crippen molar-refractivity contribution in [3.8, 4) is 0 Å². The minimum atomic E-state index is -0.404. The zero-order chi connectivity index (χ0) is 12.4. The van der Waals surface area contributed by atoms with Crippen LogP contribution in [0.5, 0.6) is 0 Å². The van der Waals surface area contributed by atoms with Gasteiger partial charge in [-0.1, -0.05) is 27.2 Å². The van der Waals surface area contributed by atoms with Crippen LogP contribution in [0.3, 0.4) is 0 Å². The minimum Gasteiger partial charge on any atom is -0.394 e. The third-order valence-electron chi connectivity index (χ3n) is 3.17. The Bertz CT molecular complexity index is 158. The molecule has 0 rings (SSSR count). The van der Waals surface area contributed by atoms with Crippen LogP contribution in [0.4, 0.5) is 0 Å². The van der Waals surface area contributed by atoms with E-state index >= 15 is 0 Å². The number of nitrogens with two attached hydrogens (primary N) is 1. The van der Waals surface area contributed by atoms with E-state index in [0.29, 0.717) is 5.92 Å². The average Bonchev–Trinajstić information content (AvgIpc) is 2.28. The highest BCUT2D eigenvalue weighted by Gasteiger charge is 2.20. The van der Waals surface area contributed by atoms with Crippen molar-refractivity contribution >= 4 is 0 Å². The number of aliphatic hydroxyl groups is 1. The molecule has 0 amide bonds. The molecule has 0 aromatic rings. The van der Waals surface area contributed by atoms with E-state index in [1.54, 1.807) is 0 Å². The average molecular weight is 231 g/mol. The molecular formula is C13H29NO2. The fourth-order valence-electron chi connectivity index (χ4n) is 1.75. The quantitative estimate of drug-likeness (QED) is 0.567. The molecule has 0 bridgehead atoms. The Morgan fingerprint density at radius 2 is 2.06 bits per heavy atom. The first-order chi connectivity index (χ1) is 7.58. The molecule has 0 saturated heterocycles. The molecule has 0 aromatic carbocycles. The van der Waals surface area contributed by atoms with Gasteiger partial charge in [0.05, 0.1) is 6.61 Å². The highest BCUT2D eigenvalue weighted by Crippen LogP contribution is 2.13. The number of aliphatic hydroxyl groups excluding tert-OH is 1. The van der Waals surface area contributed by atoms with Crippen LogP contribution in [0.15, 0.2) is 0 Å². The fraction of sp³-hybridized carbons (Fsp3) is 1.00. The maximum Gasteiger partial charge on any atom is 0.0611 e. The summed E-state index contributed by atoms with van der Waals surface area (Å²) in [6.45, 7) is 8.10. The van der Waals surface area contributed by atoms with E-state index in [1.807, 2.05) is 6.92 Å². The van der Waals surface area contributed by atoms with Crippen molar-refractivity contribution in [1.29, 1.82) is 0 Å². The van der Waals surface area contributed by atoms with Crippen LogP contribution in [-0.2, 0) is 4.74 Å². The first-order valence-electron chi connectivity index (χ1n) is 6.55. The summed E-state index contributed by atoms with van der Waals surface area (Å²) >= 11 is 0. The van der Waals surface area contributed by atoms with Crippen molar-refractivity contribution in [3.63, 3.8) is 0 Å². The largest absolute Gasteiger partial charge is 0.394 e. The van der Waals surface area contributed by atoms with Gasteiger partial charge in [-0.05, 0) is 31.6 Å². The van der Waals surface area contributed by atoms with Crippen LogP contribution >= 0.6 is 0 Å². The van der Waals surface area contributed by atoms with Gasteiger partial charge in [-0.3, -0.25) is 0 Å². The molecule has 16 heavy (non-hydrogen) atoms. The molecule has 0 aliphatic carbocycles. The molecule has 0 saturated carbocycles. The van der Waals surface area contributed by atoms with Gasteiger partial charge < -0.3 is 15.6 Å². The van der Waals surface area contributed by atoms with Crippen molar-refractivity contribution in [1.82, 2.24) is 0 Å². The molecule has 0 heterocycles. The van der Waals surface area contributed by atoms with E-state index in [2.05, 4.69) is 13.8 Å². The van der Waals surface area contributed by atoms with Crippen LogP contribution in [0, 0.1) is 5.92 Å². The van der Waals surface area contributed by atoms with E-state index < -0.39 is 5.54 Å². The summed E-state index contributed by atoms with van der Waals surface area (Å²) in [5.74, 6) is 0.650. The molecule has 0 aliphatic rings. The Labute approximate surface area is 100 Å². The van der Waals surface area contributed by atoms with Crippen LogP contribution in [0.1, 0.15) is 52.9 Å². The second kappa shape index (κ2) is 8.97. The normalized spacial score (nSPS) is 17.1. The lowest BCUT2D eigenvalue weighted by Crippen LogP contribution is -2.43. The second-order valence-corrected chi connectivity index (χ2v) is 4.95. The van der Waals surface area contributed by atoms with Gasteiger partial charge in [-0.15, -0.1) is 0 Å². The lowest BCUT2D eigenvalue weighted by atomic mass is 9.93. The molecule has 0 spiro atoms. The SMILES string of the molecule is CCCC(C)COCCCC(N)(CC)CO. The maximum atomic E-state index is 9.13. The van der Waals surface area contributed by atoms with E-state index in [4.69, 9.17) is 15.6 Å². The van der Waals surface area contributed by atoms with Gasteiger partial charge in [0.15, 0.2) is 0 Å². The van der Waals surface area contributed by atoms with Gasteiger partial charge in [0.25, 0.3) is 0 Å². The molecule has 98 valence electrons. The predicted octanol–water partition coefficient (Wildman–Crippen LogP) is 2.32. The van der Waals surface area contributed by atoms with E-state index in [1.165, 1.54) is 12.8 Å². The van der Waals surface area contributed by atoms with Crippen LogP contribution in [0.25, 0.3) is 0 Å². The first kappa shape index (κ1) is 15.9. The Morgan fingerprint density at radius 3 is 2.56 bits per heavy atom. The lowest BCUT2D eigenvalue weighted by molar-refractivity contribution is 0.0891. The monoisotopic (exact) mass is 231 g/mol. The van der Waals surface area contributed by atoms with Crippen LogP contribution in [0.2, 0.25) is 0 Å². The fourth-order valence-corrected chi connectivity index (χ4v) is 1.75. The predicted molar refractivity (Wildman–Crippen MR) is 68.4 cm³/mol. The molecule has 0 aromatic heterocycles. The van der Waals surface area contributed by atoms with Crippen molar-refractivity contribution in [2.75, 3.05) is 19.8 Å². The summed E-state index contributed by atoms with van der Waals surface area (Å²) in [6.07, 6.45) is 5.03. The summed E-state index contributed by atoms with van der Waals surface area (Å²) in [6, 6.07) is 0. The van der Waals surface area contributed by atoms with Crippen molar-refractivity contribution in [2.24, 2.45) is 11.7 Å². The highest BCUT2D eigenvalue weighted by molar-refractivity contribution is 4.81. The van der Waals surface area contributed by atoms with Gasteiger partial charge in [0.1, 0.15) is 0 Å². The Kier molecular flexibility index (Phi) is 8.90. The molecule has 3 N–H and O–H groups in total. The van der Waals surface area contributed by atoms with Gasteiger partial charge in [0.2, 0.25) is 0 Å². The van der Waals surface area contributed by atoms with Gasteiger partial charge in [-0.2, -0.15) is 0 Å². The summed E-state index contributed by atoms with van der Waals surface area (Å²) < 4.78 is 5.60. The Balaban J connectivity index is 3.46. The lowest BCUT2D eigenvalue weighted by Gasteiger charge is -2.25. The molecule has 0 radical (unpaired) electrons. The second-order valence-electron chi connectivity index (χ2n) is 4.95. The van der Waals surface area contributed by atoms with Crippen molar-refractivity contribution < 1.29 is 9.84 Å². The Morgan fingerprint density at radius 1 is 1.38 bits per heavy atom. The molecule has 2 unspecified atom stereocenters. The number of hydrogen-bond acceptors (Lipinski definition) is 3. The molecular weight excluding hydrogens is 202 g/mol. The number of ether oxygens (including phenoxy) is 1. The third-order valence-corrected chi connectivity index (χ3v) is 3.17. The van der Waals surface area contributed by atoms with Crippen molar-refractivity contribution in [2.45, 2.75) is 58.4 Å². The summed E-state index contributed by atoms with van der Waals surface area (Å²) in [4.78, 5) is 0. The summed E-state index contributed by atoms with van der Waals surface area (Å²) in [7, 11) is 0. The van der Waals surface area contributed by atoms with E-state index in [9.17, 15) is 0 Å². The highest BCUT2D eigenvalue weighted by atomic mass is 16.5.